The number of hydrogen-bond donors (Lipinski definition) is 2. The van der Waals surface area contributed by atoms with Crippen LogP contribution in [-0.4, -0.2) is 26.8 Å². The highest BCUT2D eigenvalue weighted by molar-refractivity contribution is 5.96. The van der Waals surface area contributed by atoms with Gasteiger partial charge in [-0.1, -0.05) is 0 Å². The molecule has 2 N–H and O–H groups in total. The van der Waals surface area contributed by atoms with E-state index in [1.54, 1.807) is 7.05 Å². The first-order valence-electron chi connectivity index (χ1n) is 6.03. The fraction of sp³-hybridized carbons (Fsp3) is 0.143. The minimum atomic E-state index is -1.18. The minimum Gasteiger partial charge on any atom is -0.479 e. The van der Waals surface area contributed by atoms with Gasteiger partial charge in [-0.15, -0.1) is 0 Å². The average Bonchev–Trinajstić information content (AvgIpc) is 2.90. The average molecular weight is 284 g/mol. The van der Waals surface area contributed by atoms with E-state index < -0.39 is 17.9 Å². The Balaban J connectivity index is 2.18. The van der Waals surface area contributed by atoms with Gasteiger partial charge in [-0.05, 0) is 24.3 Å². The van der Waals surface area contributed by atoms with Crippen molar-refractivity contribution < 1.29 is 14.7 Å². The highest BCUT2D eigenvalue weighted by Crippen LogP contribution is 2.13. The third-order valence-electron chi connectivity index (χ3n) is 2.86. The van der Waals surface area contributed by atoms with E-state index >= 15 is 0 Å². The van der Waals surface area contributed by atoms with E-state index in [1.807, 2.05) is 6.07 Å². The number of rotatable bonds is 4. The lowest BCUT2D eigenvalue weighted by molar-refractivity contribution is -0.139. The molecule has 2 rings (SSSR count). The number of nitrogens with zero attached hydrogens (tertiary/aromatic N) is 3. The number of aryl methyl sites for hydroxylation is 1. The summed E-state index contributed by atoms with van der Waals surface area (Å²) in [4.78, 5) is 23.3. The molecule has 1 atom stereocenters. The molecule has 1 aromatic heterocycles. The Kier molecular flexibility index (Phi) is 4.00. The van der Waals surface area contributed by atoms with Gasteiger partial charge in [-0.3, -0.25) is 9.48 Å². The number of carbonyl (C=O) groups excluding carboxylic acids is 1. The van der Waals surface area contributed by atoms with Crippen molar-refractivity contribution >= 4 is 11.9 Å². The molecule has 2 aromatic rings. The first-order valence-corrected chi connectivity index (χ1v) is 6.03. The molecule has 7 heteroatoms. The maximum absolute atomic E-state index is 12.1. The monoisotopic (exact) mass is 284 g/mol. The Hall–Kier alpha value is -3.14. The van der Waals surface area contributed by atoms with Crippen molar-refractivity contribution in [3.05, 3.63) is 53.3 Å². The Labute approximate surface area is 120 Å². The second-order valence-electron chi connectivity index (χ2n) is 4.38. The predicted octanol–water partition coefficient (Wildman–Crippen LogP) is 0.847. The van der Waals surface area contributed by atoms with Crippen molar-refractivity contribution in [2.24, 2.45) is 7.05 Å². The number of hydrogen-bond acceptors (Lipinski definition) is 4. The third-order valence-corrected chi connectivity index (χ3v) is 2.86. The van der Waals surface area contributed by atoms with Crippen LogP contribution in [-0.2, 0) is 11.8 Å². The molecule has 0 aliphatic heterocycles. The van der Waals surface area contributed by atoms with Gasteiger partial charge in [0.15, 0.2) is 6.04 Å². The van der Waals surface area contributed by atoms with E-state index in [-0.39, 0.29) is 5.56 Å². The summed E-state index contributed by atoms with van der Waals surface area (Å²) in [5, 5.41) is 24.2. The Morgan fingerprint density at radius 1 is 1.38 bits per heavy atom. The number of nitriles is 1. The van der Waals surface area contributed by atoms with Crippen LogP contribution in [0.25, 0.3) is 0 Å². The van der Waals surface area contributed by atoms with Crippen LogP contribution in [0.4, 0.5) is 0 Å². The molecule has 1 heterocycles. The highest BCUT2D eigenvalue weighted by Gasteiger charge is 2.23. The van der Waals surface area contributed by atoms with Crippen LogP contribution in [0, 0.1) is 11.3 Å². The van der Waals surface area contributed by atoms with Crippen LogP contribution >= 0.6 is 0 Å². The number of amides is 1. The molecule has 1 aromatic carbocycles. The smallest absolute Gasteiger partial charge is 0.331 e. The van der Waals surface area contributed by atoms with Gasteiger partial charge in [0.05, 0.1) is 17.8 Å². The molecular weight excluding hydrogens is 272 g/mol. The molecular formula is C14H12N4O3. The number of aliphatic carboxylic acids is 1. The molecule has 21 heavy (non-hydrogen) atoms. The van der Waals surface area contributed by atoms with E-state index in [0.717, 1.165) is 0 Å². The standard InChI is InChI=1S/C14H12N4O3/c1-18-8-11(7-16-18)12(14(20)21)17-13(19)10-4-2-9(6-15)3-5-10/h2-5,7-8,12H,1H3,(H,17,19)(H,20,21). The molecule has 1 amide bonds. The summed E-state index contributed by atoms with van der Waals surface area (Å²) in [6.07, 6.45) is 2.91. The molecule has 0 spiro atoms. The zero-order chi connectivity index (χ0) is 15.4. The zero-order valence-electron chi connectivity index (χ0n) is 11.1. The van der Waals surface area contributed by atoms with Crippen molar-refractivity contribution in [2.45, 2.75) is 6.04 Å². The van der Waals surface area contributed by atoms with Gasteiger partial charge < -0.3 is 10.4 Å². The van der Waals surface area contributed by atoms with Gasteiger partial charge in [-0.2, -0.15) is 10.4 Å². The quantitative estimate of drug-likeness (QED) is 0.865. The van der Waals surface area contributed by atoms with Crippen LogP contribution in [0.1, 0.15) is 27.5 Å². The van der Waals surface area contributed by atoms with Crippen molar-refractivity contribution in [3.63, 3.8) is 0 Å². The minimum absolute atomic E-state index is 0.282. The Morgan fingerprint density at radius 2 is 2.05 bits per heavy atom. The molecule has 7 nitrogen and oxygen atoms in total. The normalized spacial score (nSPS) is 11.4. The summed E-state index contributed by atoms with van der Waals surface area (Å²) >= 11 is 0. The topological polar surface area (TPSA) is 108 Å². The fourth-order valence-electron chi connectivity index (χ4n) is 1.79. The van der Waals surface area contributed by atoms with Gasteiger partial charge in [0.2, 0.25) is 0 Å². The van der Waals surface area contributed by atoms with Crippen LogP contribution in [0.5, 0.6) is 0 Å². The van der Waals surface area contributed by atoms with Gasteiger partial charge in [-0.25, -0.2) is 4.79 Å². The molecule has 0 saturated heterocycles. The van der Waals surface area contributed by atoms with Crippen LogP contribution in [0.15, 0.2) is 36.7 Å². The van der Waals surface area contributed by atoms with Crippen molar-refractivity contribution in [1.29, 1.82) is 5.26 Å². The number of carboxylic acid groups (broad SMARTS) is 1. The lowest BCUT2D eigenvalue weighted by Gasteiger charge is -2.12. The molecule has 0 fully saturated rings. The van der Waals surface area contributed by atoms with Crippen molar-refractivity contribution in [1.82, 2.24) is 15.1 Å². The van der Waals surface area contributed by atoms with E-state index in [0.29, 0.717) is 11.1 Å². The lowest BCUT2D eigenvalue weighted by Crippen LogP contribution is -2.33. The highest BCUT2D eigenvalue weighted by atomic mass is 16.4. The molecule has 0 aliphatic carbocycles. The molecule has 0 aliphatic rings. The first-order chi connectivity index (χ1) is 10.0. The van der Waals surface area contributed by atoms with Gasteiger partial charge >= 0.3 is 5.97 Å². The molecule has 0 radical (unpaired) electrons. The van der Waals surface area contributed by atoms with Crippen LogP contribution < -0.4 is 5.32 Å². The van der Waals surface area contributed by atoms with Crippen LogP contribution in [0.3, 0.4) is 0 Å². The SMILES string of the molecule is Cn1cc(C(NC(=O)c2ccc(C#N)cc2)C(=O)O)cn1. The van der Waals surface area contributed by atoms with E-state index in [2.05, 4.69) is 10.4 Å². The number of aromatic nitrogens is 2. The number of carboxylic acids is 1. The van der Waals surface area contributed by atoms with E-state index in [4.69, 9.17) is 5.26 Å². The Bertz CT molecular complexity index is 713. The van der Waals surface area contributed by atoms with Gasteiger partial charge in [0.25, 0.3) is 5.91 Å². The van der Waals surface area contributed by atoms with Gasteiger partial charge in [0.1, 0.15) is 0 Å². The molecule has 0 saturated carbocycles. The summed E-state index contributed by atoms with van der Waals surface area (Å²) in [5.41, 5.74) is 1.09. The maximum Gasteiger partial charge on any atom is 0.331 e. The van der Waals surface area contributed by atoms with Crippen molar-refractivity contribution in [3.8, 4) is 6.07 Å². The first kappa shape index (κ1) is 14.3. The summed E-state index contributed by atoms with van der Waals surface area (Å²) in [6, 6.07) is 6.69. The van der Waals surface area contributed by atoms with Crippen molar-refractivity contribution in [2.75, 3.05) is 0 Å². The van der Waals surface area contributed by atoms with E-state index in [9.17, 15) is 14.7 Å². The fourth-order valence-corrected chi connectivity index (χ4v) is 1.79. The zero-order valence-corrected chi connectivity index (χ0v) is 11.1. The summed E-state index contributed by atoms with van der Waals surface area (Å²) < 4.78 is 1.46. The third kappa shape index (κ3) is 3.25. The number of benzene rings is 1. The summed E-state index contributed by atoms with van der Waals surface area (Å²) in [5.74, 6) is -1.71. The number of carbonyl (C=O) groups is 2. The molecule has 0 bridgehead atoms. The molecule has 106 valence electrons. The van der Waals surface area contributed by atoms with E-state index in [1.165, 1.54) is 41.3 Å². The predicted molar refractivity (Wildman–Crippen MR) is 72.2 cm³/mol. The second kappa shape index (κ2) is 5.88. The molecule has 1 unspecified atom stereocenters. The number of nitrogens with one attached hydrogen (secondary N) is 1. The maximum atomic E-state index is 12.1. The van der Waals surface area contributed by atoms with Crippen LogP contribution in [0.2, 0.25) is 0 Å². The lowest BCUT2D eigenvalue weighted by atomic mass is 10.1. The second-order valence-corrected chi connectivity index (χ2v) is 4.38. The summed E-state index contributed by atoms with van der Waals surface area (Å²) in [7, 11) is 1.66. The Morgan fingerprint density at radius 3 is 2.52 bits per heavy atom. The largest absolute Gasteiger partial charge is 0.479 e. The van der Waals surface area contributed by atoms with Gasteiger partial charge in [0, 0.05) is 24.4 Å². The summed E-state index contributed by atoms with van der Waals surface area (Å²) in [6.45, 7) is 0.